The van der Waals surface area contributed by atoms with Gasteiger partial charge in [0.1, 0.15) is 12.7 Å². The van der Waals surface area contributed by atoms with Crippen LogP contribution in [0.4, 0.5) is 0 Å². The number of benzene rings is 1. The summed E-state index contributed by atoms with van der Waals surface area (Å²) < 4.78 is 2.49. The lowest BCUT2D eigenvalue weighted by atomic mass is 10.1. The molecule has 5 nitrogen and oxygen atoms in total. The van der Waals surface area contributed by atoms with Crippen molar-refractivity contribution in [3.8, 4) is 5.69 Å². The van der Waals surface area contributed by atoms with Crippen LogP contribution in [0.2, 0.25) is 4.34 Å². The Bertz CT molecular complexity index is 848. The van der Waals surface area contributed by atoms with E-state index >= 15 is 0 Å². The van der Waals surface area contributed by atoms with E-state index in [-0.39, 0.29) is 11.9 Å². The third-order valence-electron chi connectivity index (χ3n) is 4.13. The van der Waals surface area contributed by atoms with Crippen molar-refractivity contribution in [1.29, 1.82) is 0 Å². The van der Waals surface area contributed by atoms with Crippen LogP contribution < -0.4 is 0 Å². The van der Waals surface area contributed by atoms with E-state index in [4.69, 9.17) is 11.6 Å². The van der Waals surface area contributed by atoms with Gasteiger partial charge >= 0.3 is 0 Å². The summed E-state index contributed by atoms with van der Waals surface area (Å²) in [4.78, 5) is 19.4. The highest BCUT2D eigenvalue weighted by molar-refractivity contribution is 7.99. The molecule has 2 aromatic heterocycles. The van der Waals surface area contributed by atoms with Crippen LogP contribution in [0.1, 0.15) is 23.4 Å². The number of carbonyl (C=O) groups excluding carboxylic acids is 1. The highest BCUT2D eigenvalue weighted by Gasteiger charge is 2.17. The quantitative estimate of drug-likeness (QED) is 0.582. The number of thioether (sulfide) groups is 1. The molecule has 0 fully saturated rings. The smallest absolute Gasteiger partial charge is 0.232 e. The molecule has 0 aliphatic heterocycles. The summed E-state index contributed by atoms with van der Waals surface area (Å²) in [6.45, 7) is 2.03. The van der Waals surface area contributed by atoms with Gasteiger partial charge in [0.2, 0.25) is 5.91 Å². The van der Waals surface area contributed by atoms with Crippen LogP contribution in [-0.2, 0) is 10.5 Å². The van der Waals surface area contributed by atoms with Gasteiger partial charge in [-0.25, -0.2) is 9.67 Å². The Morgan fingerprint density at radius 3 is 2.69 bits per heavy atom. The summed E-state index contributed by atoms with van der Waals surface area (Å²) in [5.74, 6) is 1.37. The van der Waals surface area contributed by atoms with E-state index in [0.29, 0.717) is 5.75 Å². The fourth-order valence-corrected chi connectivity index (χ4v) is 4.60. The molecular weight excluding hydrogens is 388 g/mol. The Kier molecular flexibility index (Phi) is 6.34. The molecule has 3 rings (SSSR count). The van der Waals surface area contributed by atoms with Crippen molar-refractivity contribution in [1.82, 2.24) is 19.7 Å². The maximum absolute atomic E-state index is 12.5. The number of aromatic nitrogens is 3. The Morgan fingerprint density at radius 2 is 2.08 bits per heavy atom. The zero-order chi connectivity index (χ0) is 18.5. The first-order valence-electron chi connectivity index (χ1n) is 8.07. The van der Waals surface area contributed by atoms with Gasteiger partial charge in [-0.1, -0.05) is 23.7 Å². The molecule has 136 valence electrons. The molecule has 0 N–H and O–H groups in total. The average Bonchev–Trinajstić information content (AvgIpc) is 3.32. The summed E-state index contributed by atoms with van der Waals surface area (Å²) >= 11 is 9.10. The minimum Gasteiger partial charge on any atom is -0.338 e. The minimum absolute atomic E-state index is 0.00378. The summed E-state index contributed by atoms with van der Waals surface area (Å²) in [7, 11) is 1.85. The first kappa shape index (κ1) is 18.9. The molecule has 0 bridgehead atoms. The maximum atomic E-state index is 12.5. The number of rotatable bonds is 7. The lowest BCUT2D eigenvalue weighted by Gasteiger charge is -2.25. The molecule has 8 heteroatoms. The number of hydrogen-bond donors (Lipinski definition) is 0. The van der Waals surface area contributed by atoms with E-state index in [1.807, 2.05) is 50.4 Å². The van der Waals surface area contributed by atoms with Crippen molar-refractivity contribution in [3.05, 3.63) is 63.8 Å². The van der Waals surface area contributed by atoms with Crippen LogP contribution in [0.15, 0.2) is 49.1 Å². The van der Waals surface area contributed by atoms with E-state index in [2.05, 4.69) is 10.1 Å². The van der Waals surface area contributed by atoms with E-state index in [1.54, 1.807) is 39.0 Å². The van der Waals surface area contributed by atoms with Gasteiger partial charge in [-0.2, -0.15) is 5.10 Å². The number of nitrogens with zero attached hydrogens (tertiary/aromatic N) is 4. The van der Waals surface area contributed by atoms with Crippen molar-refractivity contribution >= 4 is 40.6 Å². The van der Waals surface area contributed by atoms with Crippen LogP contribution in [0.3, 0.4) is 0 Å². The Morgan fingerprint density at radius 1 is 1.31 bits per heavy atom. The fraction of sp³-hybridized carbons (Fsp3) is 0.278. The molecule has 2 heterocycles. The van der Waals surface area contributed by atoms with Gasteiger partial charge in [0.05, 0.1) is 21.8 Å². The van der Waals surface area contributed by atoms with Crippen LogP contribution in [0.25, 0.3) is 5.69 Å². The zero-order valence-corrected chi connectivity index (χ0v) is 16.9. The van der Waals surface area contributed by atoms with Crippen molar-refractivity contribution in [2.75, 3.05) is 12.8 Å². The molecule has 0 aliphatic rings. The lowest BCUT2D eigenvalue weighted by Crippen LogP contribution is -2.31. The molecule has 0 saturated carbocycles. The molecule has 1 atom stereocenters. The number of carbonyl (C=O) groups is 1. The summed E-state index contributed by atoms with van der Waals surface area (Å²) in [5, 5.41) is 4.12. The molecule has 26 heavy (non-hydrogen) atoms. The SMILES string of the molecule is C[C@@H](c1ccc(-n2cncn2)cc1)N(C)C(=O)CSCc1ccc(Cl)s1. The number of thiophene rings is 1. The van der Waals surface area contributed by atoms with Gasteiger partial charge in [-0.15, -0.1) is 23.1 Å². The van der Waals surface area contributed by atoms with Gasteiger partial charge in [0, 0.05) is 17.7 Å². The first-order valence-corrected chi connectivity index (χ1v) is 10.4. The number of hydrogen-bond acceptors (Lipinski definition) is 5. The second-order valence-corrected chi connectivity index (χ2v) is 8.60. The highest BCUT2D eigenvalue weighted by atomic mass is 35.5. The van der Waals surface area contributed by atoms with E-state index in [9.17, 15) is 4.79 Å². The molecule has 0 aliphatic carbocycles. The van der Waals surface area contributed by atoms with Gasteiger partial charge < -0.3 is 4.90 Å². The standard InChI is InChI=1S/C18H19ClN4OS2/c1-13(14-3-5-15(6-4-14)23-12-20-11-21-23)22(2)18(24)10-25-9-16-7-8-17(19)26-16/h3-8,11-13H,9-10H2,1-2H3/t13-/m0/s1. The zero-order valence-electron chi connectivity index (χ0n) is 14.5. The average molecular weight is 407 g/mol. The highest BCUT2D eigenvalue weighted by Crippen LogP contribution is 2.26. The van der Waals surface area contributed by atoms with Crippen LogP contribution in [0.5, 0.6) is 0 Å². The molecular formula is C18H19ClN4OS2. The Balaban J connectivity index is 1.54. The fourth-order valence-electron chi connectivity index (χ4n) is 2.46. The van der Waals surface area contributed by atoms with E-state index in [1.165, 1.54) is 11.2 Å². The predicted octanol–water partition coefficient (Wildman–Crippen LogP) is 4.44. The second-order valence-electron chi connectivity index (χ2n) is 5.81. The van der Waals surface area contributed by atoms with Crippen LogP contribution >= 0.6 is 34.7 Å². The van der Waals surface area contributed by atoms with E-state index < -0.39 is 0 Å². The van der Waals surface area contributed by atoms with Crippen molar-refractivity contribution in [2.45, 2.75) is 18.7 Å². The third-order valence-corrected chi connectivity index (χ3v) is 6.51. The molecule has 0 unspecified atom stereocenters. The Hall–Kier alpha value is -1.83. The van der Waals surface area contributed by atoms with Crippen LogP contribution in [0, 0.1) is 0 Å². The molecule has 0 spiro atoms. The monoisotopic (exact) mass is 406 g/mol. The number of halogens is 1. The summed E-state index contributed by atoms with van der Waals surface area (Å²) in [6.07, 6.45) is 3.16. The third kappa shape index (κ3) is 4.66. The van der Waals surface area contributed by atoms with Gasteiger partial charge in [-0.05, 0) is 36.8 Å². The summed E-state index contributed by atoms with van der Waals surface area (Å²) in [6, 6.07) is 11.9. The van der Waals surface area contributed by atoms with Gasteiger partial charge in [0.25, 0.3) is 0 Å². The molecule has 0 saturated heterocycles. The lowest BCUT2D eigenvalue weighted by molar-refractivity contribution is -0.128. The molecule has 0 radical (unpaired) electrons. The van der Waals surface area contributed by atoms with Crippen molar-refractivity contribution in [2.24, 2.45) is 0 Å². The van der Waals surface area contributed by atoms with Crippen molar-refractivity contribution in [3.63, 3.8) is 0 Å². The van der Waals surface area contributed by atoms with E-state index in [0.717, 1.165) is 21.3 Å². The summed E-state index contributed by atoms with van der Waals surface area (Å²) in [5.41, 5.74) is 2.03. The second kappa shape index (κ2) is 8.70. The van der Waals surface area contributed by atoms with Crippen molar-refractivity contribution < 1.29 is 4.79 Å². The van der Waals surface area contributed by atoms with Gasteiger partial charge in [-0.3, -0.25) is 4.79 Å². The Labute approximate surface area is 166 Å². The van der Waals surface area contributed by atoms with Gasteiger partial charge in [0.15, 0.2) is 0 Å². The normalized spacial score (nSPS) is 12.1. The van der Waals surface area contributed by atoms with Crippen LogP contribution in [-0.4, -0.2) is 38.4 Å². The maximum Gasteiger partial charge on any atom is 0.232 e. The topological polar surface area (TPSA) is 51.0 Å². The molecule has 3 aromatic rings. The minimum atomic E-state index is 0.00378. The predicted molar refractivity (Wildman–Crippen MR) is 108 cm³/mol. The number of amides is 1. The largest absolute Gasteiger partial charge is 0.338 e. The molecule has 1 amide bonds. The molecule has 1 aromatic carbocycles. The first-order chi connectivity index (χ1) is 12.5.